The largest absolute Gasteiger partial charge is 0.454 e. The van der Waals surface area contributed by atoms with Gasteiger partial charge in [-0.15, -0.1) is 0 Å². The monoisotopic (exact) mass is 371 g/mol. The molecule has 0 radical (unpaired) electrons. The van der Waals surface area contributed by atoms with Crippen molar-refractivity contribution in [2.45, 2.75) is 6.42 Å². The molecule has 0 saturated heterocycles. The van der Waals surface area contributed by atoms with Gasteiger partial charge in [0.25, 0.3) is 0 Å². The molecule has 0 aliphatic carbocycles. The van der Waals surface area contributed by atoms with Crippen LogP contribution in [0.25, 0.3) is 0 Å². The number of hydrogen-bond acceptors (Lipinski definition) is 2. The summed E-state index contributed by atoms with van der Waals surface area (Å²) in [6.45, 7) is 0. The summed E-state index contributed by atoms with van der Waals surface area (Å²) < 4.78 is 5.84. The lowest BCUT2D eigenvalue weighted by Crippen LogP contribution is -2.14. The van der Waals surface area contributed by atoms with E-state index in [0.717, 1.165) is 5.56 Å². The number of nitrogens with one attached hydrogen (secondary N) is 1. The summed E-state index contributed by atoms with van der Waals surface area (Å²) in [5.41, 5.74) is 1.47. The lowest BCUT2D eigenvalue weighted by atomic mass is 10.1. The second-order valence-electron chi connectivity index (χ2n) is 5.38. The van der Waals surface area contributed by atoms with Crippen molar-refractivity contribution in [2.24, 2.45) is 0 Å². The molecule has 1 amide bonds. The molecular weight excluding hydrogens is 357 g/mol. The van der Waals surface area contributed by atoms with Gasteiger partial charge in [-0.2, -0.15) is 0 Å². The van der Waals surface area contributed by atoms with Crippen molar-refractivity contribution in [1.29, 1.82) is 0 Å². The van der Waals surface area contributed by atoms with Crippen LogP contribution in [0.3, 0.4) is 0 Å². The third kappa shape index (κ3) is 4.75. The standard InChI is InChI=1S/C20H15Cl2NO2/c21-15-11-9-14(10-12-15)13-20(24)23-17-6-2-4-8-19(17)25-18-7-3-1-5-16(18)22/h1-12H,13H2,(H,23,24). The summed E-state index contributed by atoms with van der Waals surface area (Å²) >= 11 is 12.0. The molecule has 1 N–H and O–H groups in total. The highest BCUT2D eigenvalue weighted by molar-refractivity contribution is 6.32. The van der Waals surface area contributed by atoms with E-state index in [-0.39, 0.29) is 12.3 Å². The molecule has 0 aliphatic rings. The van der Waals surface area contributed by atoms with Gasteiger partial charge >= 0.3 is 0 Å². The Kier molecular flexibility index (Phi) is 5.59. The molecule has 3 rings (SSSR count). The zero-order chi connectivity index (χ0) is 17.6. The molecule has 0 spiro atoms. The molecule has 0 aromatic heterocycles. The van der Waals surface area contributed by atoms with Crippen molar-refractivity contribution >= 4 is 34.8 Å². The SMILES string of the molecule is O=C(Cc1ccc(Cl)cc1)Nc1ccccc1Oc1ccccc1Cl. The third-order valence-electron chi connectivity index (χ3n) is 3.50. The number of anilines is 1. The Morgan fingerprint density at radius 1 is 0.840 bits per heavy atom. The first-order chi connectivity index (χ1) is 12.1. The molecule has 0 bridgehead atoms. The summed E-state index contributed by atoms with van der Waals surface area (Å²) in [5, 5.41) is 4.02. The number of amides is 1. The van der Waals surface area contributed by atoms with Crippen LogP contribution in [0.2, 0.25) is 10.0 Å². The van der Waals surface area contributed by atoms with Crippen LogP contribution >= 0.6 is 23.2 Å². The van der Waals surface area contributed by atoms with Gasteiger partial charge in [-0.05, 0) is 42.0 Å². The average molecular weight is 372 g/mol. The van der Waals surface area contributed by atoms with Gasteiger partial charge in [0, 0.05) is 5.02 Å². The van der Waals surface area contributed by atoms with E-state index >= 15 is 0 Å². The summed E-state index contributed by atoms with van der Waals surface area (Å²) in [6.07, 6.45) is 0.248. The highest BCUT2D eigenvalue weighted by Crippen LogP contribution is 2.33. The van der Waals surface area contributed by atoms with Crippen LogP contribution in [-0.4, -0.2) is 5.91 Å². The Bertz CT molecular complexity index is 879. The summed E-state index contributed by atoms with van der Waals surface area (Å²) in [5.74, 6) is 0.918. The maximum Gasteiger partial charge on any atom is 0.228 e. The minimum Gasteiger partial charge on any atom is -0.454 e. The molecule has 3 aromatic rings. The minimum absolute atomic E-state index is 0.141. The first-order valence-corrected chi connectivity index (χ1v) is 8.43. The molecule has 25 heavy (non-hydrogen) atoms. The van der Waals surface area contributed by atoms with Crippen LogP contribution in [0.15, 0.2) is 72.8 Å². The Balaban J connectivity index is 1.73. The lowest BCUT2D eigenvalue weighted by Gasteiger charge is -2.13. The van der Waals surface area contributed by atoms with Gasteiger partial charge in [0.2, 0.25) is 5.91 Å². The molecule has 0 fully saturated rings. The molecule has 0 unspecified atom stereocenters. The fourth-order valence-corrected chi connectivity index (χ4v) is 2.59. The van der Waals surface area contributed by atoms with E-state index in [2.05, 4.69) is 5.32 Å². The van der Waals surface area contributed by atoms with E-state index in [1.807, 2.05) is 36.4 Å². The van der Waals surface area contributed by atoms with Gasteiger partial charge in [-0.3, -0.25) is 4.79 Å². The maximum atomic E-state index is 12.3. The van der Waals surface area contributed by atoms with Crippen molar-refractivity contribution in [3.63, 3.8) is 0 Å². The maximum absolute atomic E-state index is 12.3. The molecule has 126 valence electrons. The van der Waals surface area contributed by atoms with Gasteiger partial charge in [0.15, 0.2) is 5.75 Å². The second-order valence-corrected chi connectivity index (χ2v) is 6.22. The number of carbonyl (C=O) groups is 1. The number of hydrogen-bond donors (Lipinski definition) is 1. The summed E-state index contributed by atoms with van der Waals surface area (Å²) in [6, 6.07) is 21.6. The van der Waals surface area contributed by atoms with Crippen molar-refractivity contribution in [3.8, 4) is 11.5 Å². The van der Waals surface area contributed by atoms with Crippen LogP contribution in [0.5, 0.6) is 11.5 Å². The molecule has 3 nitrogen and oxygen atoms in total. The highest BCUT2D eigenvalue weighted by atomic mass is 35.5. The highest BCUT2D eigenvalue weighted by Gasteiger charge is 2.10. The normalized spacial score (nSPS) is 10.3. The van der Waals surface area contributed by atoms with E-state index in [1.54, 1.807) is 36.4 Å². The molecule has 0 aliphatic heterocycles. The second kappa shape index (κ2) is 8.06. The molecule has 0 atom stereocenters. The Labute approximate surface area is 156 Å². The lowest BCUT2D eigenvalue weighted by molar-refractivity contribution is -0.115. The summed E-state index contributed by atoms with van der Waals surface area (Å²) in [7, 11) is 0. The quantitative estimate of drug-likeness (QED) is 0.600. The first kappa shape index (κ1) is 17.3. The van der Waals surface area contributed by atoms with Crippen LogP contribution in [-0.2, 0) is 11.2 Å². The fraction of sp³-hybridized carbons (Fsp3) is 0.0500. The van der Waals surface area contributed by atoms with Gasteiger partial charge < -0.3 is 10.1 Å². The minimum atomic E-state index is -0.141. The van der Waals surface area contributed by atoms with Crippen molar-refractivity contribution in [2.75, 3.05) is 5.32 Å². The molecular formula is C20H15Cl2NO2. The fourth-order valence-electron chi connectivity index (χ4n) is 2.29. The Hall–Kier alpha value is -2.49. The van der Waals surface area contributed by atoms with Crippen LogP contribution in [0.1, 0.15) is 5.56 Å². The van der Waals surface area contributed by atoms with E-state index in [1.165, 1.54) is 0 Å². The molecule has 0 saturated carbocycles. The number of benzene rings is 3. The number of rotatable bonds is 5. The van der Waals surface area contributed by atoms with Crippen LogP contribution in [0, 0.1) is 0 Å². The van der Waals surface area contributed by atoms with Crippen molar-refractivity contribution in [3.05, 3.63) is 88.4 Å². The van der Waals surface area contributed by atoms with Crippen LogP contribution in [0.4, 0.5) is 5.69 Å². The smallest absolute Gasteiger partial charge is 0.228 e. The number of para-hydroxylation sites is 3. The number of carbonyl (C=O) groups excluding carboxylic acids is 1. The van der Waals surface area contributed by atoms with E-state index < -0.39 is 0 Å². The van der Waals surface area contributed by atoms with Crippen molar-refractivity contribution < 1.29 is 9.53 Å². The zero-order valence-electron chi connectivity index (χ0n) is 13.2. The van der Waals surface area contributed by atoms with Gasteiger partial charge in [0.05, 0.1) is 17.1 Å². The predicted octanol–water partition coefficient (Wildman–Crippen LogP) is 5.97. The number of halogens is 2. The summed E-state index contributed by atoms with van der Waals surface area (Å²) in [4.78, 5) is 12.3. The van der Waals surface area contributed by atoms with E-state index in [4.69, 9.17) is 27.9 Å². The molecule has 0 heterocycles. The molecule has 5 heteroatoms. The van der Waals surface area contributed by atoms with Gasteiger partial charge in [0.1, 0.15) is 5.75 Å². The molecule has 3 aromatic carbocycles. The average Bonchev–Trinajstić information content (AvgIpc) is 2.60. The van der Waals surface area contributed by atoms with Crippen molar-refractivity contribution in [1.82, 2.24) is 0 Å². The van der Waals surface area contributed by atoms with E-state index in [9.17, 15) is 4.79 Å². The third-order valence-corrected chi connectivity index (χ3v) is 4.06. The Morgan fingerprint density at radius 3 is 2.20 bits per heavy atom. The van der Waals surface area contributed by atoms with Gasteiger partial charge in [-0.1, -0.05) is 59.6 Å². The zero-order valence-corrected chi connectivity index (χ0v) is 14.7. The Morgan fingerprint density at radius 2 is 1.48 bits per heavy atom. The van der Waals surface area contributed by atoms with Gasteiger partial charge in [-0.25, -0.2) is 0 Å². The first-order valence-electron chi connectivity index (χ1n) is 7.67. The van der Waals surface area contributed by atoms with E-state index in [0.29, 0.717) is 27.2 Å². The topological polar surface area (TPSA) is 38.3 Å². The predicted molar refractivity (Wildman–Crippen MR) is 102 cm³/mol. The number of ether oxygens (including phenoxy) is 1. The van der Waals surface area contributed by atoms with Crippen LogP contribution < -0.4 is 10.1 Å².